The number of nitrogens with one attached hydrogen (secondary N) is 1. The van der Waals surface area contributed by atoms with Gasteiger partial charge in [0.2, 0.25) is 5.91 Å². The van der Waals surface area contributed by atoms with Crippen molar-refractivity contribution in [3.8, 4) is 0 Å². The average Bonchev–Trinajstić information content (AvgIpc) is 2.52. The Morgan fingerprint density at radius 1 is 1.14 bits per heavy atom. The molecule has 1 aromatic rings. The summed E-state index contributed by atoms with van der Waals surface area (Å²) in [6.45, 7) is 0.571. The summed E-state index contributed by atoms with van der Waals surface area (Å²) in [4.78, 5) is 24.5. The molecule has 5 heteroatoms. The lowest BCUT2D eigenvalue weighted by molar-refractivity contribution is -0.148. The highest BCUT2D eigenvalue weighted by Gasteiger charge is 2.35. The Balaban J connectivity index is 1.74. The average molecular weight is 307 g/mol. The maximum Gasteiger partial charge on any atom is 0.307 e. The van der Waals surface area contributed by atoms with Crippen LogP contribution >= 0.6 is 11.8 Å². The Morgan fingerprint density at radius 2 is 1.81 bits per heavy atom. The van der Waals surface area contributed by atoms with Gasteiger partial charge in [-0.1, -0.05) is 31.0 Å². The van der Waals surface area contributed by atoms with Crippen LogP contribution in [0.15, 0.2) is 35.2 Å². The molecule has 0 radical (unpaired) electrons. The molecule has 1 aromatic carbocycles. The standard InChI is InChI=1S/C16H21NO3S/c18-15(13-8-4-5-9-14(13)16(19)20)17-10-11-21-12-6-2-1-3-7-12/h1-3,6-7,13-14H,4-5,8-11H2,(H,17,18)(H,19,20)/t13-,14+/m1/s1. The van der Waals surface area contributed by atoms with Gasteiger partial charge in [-0.25, -0.2) is 0 Å². The fourth-order valence-electron chi connectivity index (χ4n) is 2.73. The zero-order chi connectivity index (χ0) is 15.1. The Kier molecular flexibility index (Phi) is 6.11. The van der Waals surface area contributed by atoms with Crippen molar-refractivity contribution < 1.29 is 14.7 Å². The molecule has 21 heavy (non-hydrogen) atoms. The number of carbonyl (C=O) groups excluding carboxylic acids is 1. The third-order valence-corrected chi connectivity index (χ3v) is 4.85. The molecule has 0 aromatic heterocycles. The Labute approximate surface area is 129 Å². The van der Waals surface area contributed by atoms with E-state index in [9.17, 15) is 14.7 Å². The van der Waals surface area contributed by atoms with Crippen molar-refractivity contribution in [3.63, 3.8) is 0 Å². The van der Waals surface area contributed by atoms with E-state index in [-0.39, 0.29) is 11.8 Å². The molecule has 1 amide bonds. The van der Waals surface area contributed by atoms with Crippen molar-refractivity contribution in [1.82, 2.24) is 5.32 Å². The van der Waals surface area contributed by atoms with E-state index < -0.39 is 11.9 Å². The second-order valence-corrected chi connectivity index (χ2v) is 6.46. The molecule has 2 rings (SSSR count). The Bertz CT molecular complexity index is 478. The third kappa shape index (κ3) is 4.77. The zero-order valence-corrected chi connectivity index (χ0v) is 12.8. The van der Waals surface area contributed by atoms with E-state index in [0.29, 0.717) is 19.4 Å². The maximum absolute atomic E-state index is 12.1. The predicted molar refractivity (Wildman–Crippen MR) is 83.3 cm³/mol. The van der Waals surface area contributed by atoms with Gasteiger partial charge in [-0.3, -0.25) is 9.59 Å². The highest BCUT2D eigenvalue weighted by Crippen LogP contribution is 2.30. The fourth-order valence-corrected chi connectivity index (χ4v) is 3.52. The van der Waals surface area contributed by atoms with Gasteiger partial charge in [0.05, 0.1) is 11.8 Å². The van der Waals surface area contributed by atoms with Crippen molar-refractivity contribution in [1.29, 1.82) is 0 Å². The van der Waals surface area contributed by atoms with Crippen LogP contribution in [0.5, 0.6) is 0 Å². The van der Waals surface area contributed by atoms with Gasteiger partial charge < -0.3 is 10.4 Å². The SMILES string of the molecule is O=C(O)[C@H]1CCCC[C@H]1C(=O)NCCSc1ccccc1. The number of hydrogen-bond donors (Lipinski definition) is 2. The van der Waals surface area contributed by atoms with Crippen LogP contribution in [-0.2, 0) is 9.59 Å². The second kappa shape index (κ2) is 8.08. The van der Waals surface area contributed by atoms with Gasteiger partial charge in [-0.15, -0.1) is 11.8 Å². The van der Waals surface area contributed by atoms with Crippen LogP contribution < -0.4 is 5.32 Å². The molecule has 1 aliphatic carbocycles. The van der Waals surface area contributed by atoms with Gasteiger partial charge in [0, 0.05) is 17.2 Å². The molecule has 0 saturated heterocycles. The van der Waals surface area contributed by atoms with Crippen molar-refractivity contribution in [2.75, 3.05) is 12.3 Å². The van der Waals surface area contributed by atoms with Crippen LogP contribution in [0.1, 0.15) is 25.7 Å². The van der Waals surface area contributed by atoms with Crippen LogP contribution in [0.25, 0.3) is 0 Å². The number of carboxylic acids is 1. The number of carbonyl (C=O) groups is 2. The van der Waals surface area contributed by atoms with Crippen molar-refractivity contribution in [2.24, 2.45) is 11.8 Å². The monoisotopic (exact) mass is 307 g/mol. The molecule has 1 aliphatic rings. The van der Waals surface area contributed by atoms with Gasteiger partial charge in [-0.2, -0.15) is 0 Å². The number of rotatable bonds is 6. The Morgan fingerprint density at radius 3 is 2.48 bits per heavy atom. The minimum atomic E-state index is -0.839. The molecule has 4 nitrogen and oxygen atoms in total. The van der Waals surface area contributed by atoms with Crippen molar-refractivity contribution >= 4 is 23.6 Å². The van der Waals surface area contributed by atoms with Gasteiger partial charge in [0.25, 0.3) is 0 Å². The number of hydrogen-bond acceptors (Lipinski definition) is 3. The number of amides is 1. The maximum atomic E-state index is 12.1. The molecule has 1 saturated carbocycles. The summed E-state index contributed by atoms with van der Waals surface area (Å²) in [6.07, 6.45) is 3.16. The summed E-state index contributed by atoms with van der Waals surface area (Å²) < 4.78 is 0. The van der Waals surface area contributed by atoms with E-state index in [1.807, 2.05) is 30.3 Å². The van der Waals surface area contributed by atoms with Gasteiger partial charge in [0.1, 0.15) is 0 Å². The van der Waals surface area contributed by atoms with E-state index in [1.54, 1.807) is 11.8 Å². The number of benzene rings is 1. The van der Waals surface area contributed by atoms with E-state index in [4.69, 9.17) is 0 Å². The van der Waals surface area contributed by atoms with E-state index in [2.05, 4.69) is 5.32 Å². The van der Waals surface area contributed by atoms with Gasteiger partial charge in [0.15, 0.2) is 0 Å². The molecule has 0 spiro atoms. The molecule has 0 aliphatic heterocycles. The molecular weight excluding hydrogens is 286 g/mol. The van der Waals surface area contributed by atoms with Gasteiger partial charge >= 0.3 is 5.97 Å². The zero-order valence-electron chi connectivity index (χ0n) is 12.0. The van der Waals surface area contributed by atoms with Crippen LogP contribution in [-0.4, -0.2) is 29.3 Å². The highest BCUT2D eigenvalue weighted by molar-refractivity contribution is 7.99. The molecule has 1 fully saturated rings. The molecule has 0 bridgehead atoms. The second-order valence-electron chi connectivity index (χ2n) is 5.29. The predicted octanol–water partition coefficient (Wildman–Crippen LogP) is 2.79. The van der Waals surface area contributed by atoms with E-state index >= 15 is 0 Å². The molecule has 0 heterocycles. The van der Waals surface area contributed by atoms with Crippen LogP contribution in [0, 0.1) is 11.8 Å². The first kappa shape index (κ1) is 15.9. The first-order valence-corrected chi connectivity index (χ1v) is 8.35. The number of carboxylic acid groups (broad SMARTS) is 1. The molecular formula is C16H21NO3S. The lowest BCUT2D eigenvalue weighted by Gasteiger charge is -2.27. The number of aliphatic carboxylic acids is 1. The van der Waals surface area contributed by atoms with Crippen LogP contribution in [0.4, 0.5) is 0 Å². The third-order valence-electron chi connectivity index (χ3n) is 3.83. The molecule has 2 N–H and O–H groups in total. The largest absolute Gasteiger partial charge is 0.481 e. The van der Waals surface area contributed by atoms with E-state index in [0.717, 1.165) is 18.6 Å². The first-order valence-electron chi connectivity index (χ1n) is 7.37. The smallest absolute Gasteiger partial charge is 0.307 e. The Hall–Kier alpha value is -1.49. The summed E-state index contributed by atoms with van der Waals surface area (Å²) in [6, 6.07) is 10.0. The topological polar surface area (TPSA) is 66.4 Å². The summed E-state index contributed by atoms with van der Waals surface area (Å²) in [7, 11) is 0. The summed E-state index contributed by atoms with van der Waals surface area (Å²) in [5, 5.41) is 12.1. The fraction of sp³-hybridized carbons (Fsp3) is 0.500. The highest BCUT2D eigenvalue weighted by atomic mass is 32.2. The van der Waals surface area contributed by atoms with Crippen molar-refractivity contribution in [3.05, 3.63) is 30.3 Å². The lowest BCUT2D eigenvalue weighted by Crippen LogP contribution is -2.40. The van der Waals surface area contributed by atoms with Crippen LogP contribution in [0.2, 0.25) is 0 Å². The minimum absolute atomic E-state index is 0.101. The lowest BCUT2D eigenvalue weighted by atomic mass is 9.79. The molecule has 114 valence electrons. The normalized spacial score (nSPS) is 21.7. The quantitative estimate of drug-likeness (QED) is 0.626. The minimum Gasteiger partial charge on any atom is -0.481 e. The first-order chi connectivity index (χ1) is 10.2. The number of thioether (sulfide) groups is 1. The molecule has 2 atom stereocenters. The summed E-state index contributed by atoms with van der Waals surface area (Å²) in [5.74, 6) is -1.02. The summed E-state index contributed by atoms with van der Waals surface area (Å²) in [5.41, 5.74) is 0. The summed E-state index contributed by atoms with van der Waals surface area (Å²) >= 11 is 1.69. The van der Waals surface area contributed by atoms with Gasteiger partial charge in [-0.05, 0) is 25.0 Å². The molecule has 0 unspecified atom stereocenters. The van der Waals surface area contributed by atoms with E-state index in [1.165, 1.54) is 4.90 Å². The van der Waals surface area contributed by atoms with Crippen molar-refractivity contribution in [2.45, 2.75) is 30.6 Å². The van der Waals surface area contributed by atoms with Crippen LogP contribution in [0.3, 0.4) is 0 Å².